The Morgan fingerprint density at radius 2 is 2.19 bits per heavy atom. The molecule has 0 spiro atoms. The molecule has 1 aliphatic rings. The molecule has 0 aromatic heterocycles. The topological polar surface area (TPSA) is 52.6 Å². The number of rotatable bonds is 4. The van der Waals surface area contributed by atoms with Gasteiger partial charge in [0.05, 0.1) is 12.5 Å². The SMILES string of the molecule is CC1CNCC(C(=O)N(CCO)C(C)C)C1. The van der Waals surface area contributed by atoms with E-state index < -0.39 is 0 Å². The highest BCUT2D eigenvalue weighted by Crippen LogP contribution is 2.19. The van der Waals surface area contributed by atoms with Gasteiger partial charge in [-0.05, 0) is 32.7 Å². The minimum absolute atomic E-state index is 0.0413. The van der Waals surface area contributed by atoms with Gasteiger partial charge in [-0.2, -0.15) is 0 Å². The molecule has 2 unspecified atom stereocenters. The molecule has 1 saturated heterocycles. The molecule has 1 rings (SSSR count). The molecule has 2 atom stereocenters. The third-order valence-electron chi connectivity index (χ3n) is 3.17. The predicted octanol–water partition coefficient (Wildman–Crippen LogP) is 0.461. The Morgan fingerprint density at radius 1 is 1.50 bits per heavy atom. The zero-order valence-corrected chi connectivity index (χ0v) is 10.6. The second kappa shape index (κ2) is 6.21. The second-order valence-corrected chi connectivity index (χ2v) is 5.05. The van der Waals surface area contributed by atoms with Crippen molar-refractivity contribution in [3.05, 3.63) is 0 Å². The molecule has 4 nitrogen and oxygen atoms in total. The highest BCUT2D eigenvalue weighted by Gasteiger charge is 2.29. The smallest absolute Gasteiger partial charge is 0.227 e. The molecule has 1 heterocycles. The molecule has 1 aliphatic heterocycles. The fraction of sp³-hybridized carbons (Fsp3) is 0.917. The van der Waals surface area contributed by atoms with Gasteiger partial charge < -0.3 is 15.3 Å². The maximum absolute atomic E-state index is 12.3. The van der Waals surface area contributed by atoms with E-state index in [1.165, 1.54) is 0 Å². The summed E-state index contributed by atoms with van der Waals surface area (Å²) in [7, 11) is 0. The molecule has 4 heteroatoms. The van der Waals surface area contributed by atoms with Crippen molar-refractivity contribution in [1.82, 2.24) is 10.2 Å². The van der Waals surface area contributed by atoms with Crippen LogP contribution in [0.4, 0.5) is 0 Å². The quantitative estimate of drug-likeness (QED) is 0.735. The van der Waals surface area contributed by atoms with Gasteiger partial charge in [0.1, 0.15) is 0 Å². The number of piperidine rings is 1. The fourth-order valence-corrected chi connectivity index (χ4v) is 2.31. The van der Waals surface area contributed by atoms with Crippen LogP contribution in [0.5, 0.6) is 0 Å². The number of carbonyl (C=O) groups is 1. The van der Waals surface area contributed by atoms with Crippen LogP contribution in [0.15, 0.2) is 0 Å². The Hall–Kier alpha value is -0.610. The van der Waals surface area contributed by atoms with Crippen LogP contribution < -0.4 is 5.32 Å². The molecular formula is C12H24N2O2. The maximum atomic E-state index is 12.3. The summed E-state index contributed by atoms with van der Waals surface area (Å²) in [5.74, 6) is 0.826. The van der Waals surface area contributed by atoms with Crippen molar-refractivity contribution in [3.63, 3.8) is 0 Å². The molecule has 1 fully saturated rings. The lowest BCUT2D eigenvalue weighted by Gasteiger charge is -2.33. The molecule has 0 radical (unpaired) electrons. The van der Waals surface area contributed by atoms with Crippen molar-refractivity contribution in [3.8, 4) is 0 Å². The third kappa shape index (κ3) is 3.46. The van der Waals surface area contributed by atoms with Gasteiger partial charge in [0.15, 0.2) is 0 Å². The van der Waals surface area contributed by atoms with E-state index in [-0.39, 0.29) is 24.5 Å². The van der Waals surface area contributed by atoms with Crippen LogP contribution in [0.3, 0.4) is 0 Å². The van der Waals surface area contributed by atoms with Gasteiger partial charge in [-0.15, -0.1) is 0 Å². The second-order valence-electron chi connectivity index (χ2n) is 5.05. The lowest BCUT2D eigenvalue weighted by atomic mass is 9.90. The third-order valence-corrected chi connectivity index (χ3v) is 3.17. The number of hydrogen-bond donors (Lipinski definition) is 2. The van der Waals surface area contributed by atoms with Crippen LogP contribution in [0.25, 0.3) is 0 Å². The summed E-state index contributed by atoms with van der Waals surface area (Å²) >= 11 is 0. The summed E-state index contributed by atoms with van der Waals surface area (Å²) in [4.78, 5) is 14.0. The highest BCUT2D eigenvalue weighted by atomic mass is 16.3. The largest absolute Gasteiger partial charge is 0.395 e. The molecule has 2 N–H and O–H groups in total. The molecule has 1 amide bonds. The fourth-order valence-electron chi connectivity index (χ4n) is 2.31. The van der Waals surface area contributed by atoms with E-state index in [0.717, 1.165) is 19.5 Å². The monoisotopic (exact) mass is 228 g/mol. The first-order chi connectivity index (χ1) is 7.56. The Kier molecular flexibility index (Phi) is 5.22. The average Bonchev–Trinajstić information content (AvgIpc) is 2.24. The molecule has 0 aromatic rings. The summed E-state index contributed by atoms with van der Waals surface area (Å²) in [5, 5.41) is 12.3. The summed E-state index contributed by atoms with van der Waals surface area (Å²) in [6.07, 6.45) is 0.959. The van der Waals surface area contributed by atoms with Crippen molar-refractivity contribution in [1.29, 1.82) is 0 Å². The summed E-state index contributed by atoms with van der Waals surface area (Å²) in [6, 6.07) is 0.164. The number of carbonyl (C=O) groups excluding carboxylic acids is 1. The zero-order chi connectivity index (χ0) is 12.1. The number of aliphatic hydroxyl groups is 1. The van der Waals surface area contributed by atoms with Gasteiger partial charge in [0, 0.05) is 19.1 Å². The number of amides is 1. The van der Waals surface area contributed by atoms with Crippen molar-refractivity contribution >= 4 is 5.91 Å². The van der Waals surface area contributed by atoms with E-state index in [2.05, 4.69) is 12.2 Å². The van der Waals surface area contributed by atoms with Gasteiger partial charge in [-0.3, -0.25) is 4.79 Å². The van der Waals surface area contributed by atoms with Crippen molar-refractivity contribution in [2.24, 2.45) is 11.8 Å². The zero-order valence-electron chi connectivity index (χ0n) is 10.6. The summed E-state index contributed by atoms with van der Waals surface area (Å²) < 4.78 is 0. The van der Waals surface area contributed by atoms with E-state index in [4.69, 9.17) is 5.11 Å². The first-order valence-corrected chi connectivity index (χ1v) is 6.18. The lowest BCUT2D eigenvalue weighted by Crippen LogP contribution is -2.48. The van der Waals surface area contributed by atoms with Gasteiger partial charge in [-0.1, -0.05) is 6.92 Å². The molecule has 0 bridgehead atoms. The summed E-state index contributed by atoms with van der Waals surface area (Å²) in [5.41, 5.74) is 0. The van der Waals surface area contributed by atoms with Crippen LogP contribution in [0.2, 0.25) is 0 Å². The molecule has 0 aromatic carbocycles. The molecule has 0 saturated carbocycles. The van der Waals surface area contributed by atoms with Crippen LogP contribution in [-0.4, -0.2) is 48.2 Å². The Labute approximate surface area is 98.0 Å². The van der Waals surface area contributed by atoms with E-state index in [9.17, 15) is 4.79 Å². The Balaban J connectivity index is 2.58. The Bertz CT molecular complexity index is 231. The number of nitrogens with one attached hydrogen (secondary N) is 1. The van der Waals surface area contributed by atoms with Crippen LogP contribution >= 0.6 is 0 Å². The standard InChI is InChI=1S/C12H24N2O2/c1-9(2)14(4-5-15)12(16)11-6-10(3)7-13-8-11/h9-11,13,15H,4-8H2,1-3H3. The van der Waals surface area contributed by atoms with Crippen LogP contribution in [0.1, 0.15) is 27.2 Å². The van der Waals surface area contributed by atoms with Gasteiger partial charge in [0.25, 0.3) is 0 Å². The molecule has 94 valence electrons. The average molecular weight is 228 g/mol. The lowest BCUT2D eigenvalue weighted by molar-refractivity contribution is -0.138. The Morgan fingerprint density at radius 3 is 2.69 bits per heavy atom. The highest BCUT2D eigenvalue weighted by molar-refractivity contribution is 5.79. The maximum Gasteiger partial charge on any atom is 0.227 e. The number of nitrogens with zero attached hydrogens (tertiary/aromatic N) is 1. The van der Waals surface area contributed by atoms with E-state index in [1.54, 1.807) is 4.90 Å². The van der Waals surface area contributed by atoms with Gasteiger partial charge in [0.2, 0.25) is 5.91 Å². The molecule has 16 heavy (non-hydrogen) atoms. The van der Waals surface area contributed by atoms with Gasteiger partial charge >= 0.3 is 0 Å². The van der Waals surface area contributed by atoms with Crippen molar-refractivity contribution in [2.75, 3.05) is 26.2 Å². The van der Waals surface area contributed by atoms with E-state index in [1.807, 2.05) is 13.8 Å². The minimum atomic E-state index is 0.0413. The first kappa shape index (κ1) is 13.5. The molecular weight excluding hydrogens is 204 g/mol. The normalized spacial score (nSPS) is 25.8. The van der Waals surface area contributed by atoms with E-state index in [0.29, 0.717) is 12.5 Å². The van der Waals surface area contributed by atoms with Gasteiger partial charge in [-0.25, -0.2) is 0 Å². The number of aliphatic hydroxyl groups excluding tert-OH is 1. The van der Waals surface area contributed by atoms with Crippen molar-refractivity contribution < 1.29 is 9.90 Å². The van der Waals surface area contributed by atoms with Crippen LogP contribution in [-0.2, 0) is 4.79 Å². The van der Waals surface area contributed by atoms with Crippen molar-refractivity contribution in [2.45, 2.75) is 33.2 Å². The number of hydrogen-bond acceptors (Lipinski definition) is 3. The predicted molar refractivity (Wildman–Crippen MR) is 64.1 cm³/mol. The van der Waals surface area contributed by atoms with E-state index >= 15 is 0 Å². The summed E-state index contributed by atoms with van der Waals surface area (Å²) in [6.45, 7) is 8.42. The molecule has 0 aliphatic carbocycles. The van der Waals surface area contributed by atoms with Crippen LogP contribution in [0, 0.1) is 11.8 Å². The first-order valence-electron chi connectivity index (χ1n) is 6.18. The minimum Gasteiger partial charge on any atom is -0.395 e.